The quantitative estimate of drug-likeness (QED) is 0.806. The molecule has 0 unspecified atom stereocenters. The summed E-state index contributed by atoms with van der Waals surface area (Å²) in [6.07, 6.45) is 2.83. The van der Waals surface area contributed by atoms with E-state index in [4.69, 9.17) is 9.47 Å². The summed E-state index contributed by atoms with van der Waals surface area (Å²) in [7, 11) is 1.66. The number of likely N-dealkylation sites (N-methyl/N-ethyl adjacent to an activating group) is 1. The van der Waals surface area contributed by atoms with E-state index in [1.54, 1.807) is 13.3 Å². The van der Waals surface area contributed by atoms with Gasteiger partial charge in [-0.15, -0.1) is 0 Å². The molecule has 0 amide bonds. The topological polar surface area (TPSA) is 37.8 Å². The SMILES string of the molecule is CCN1CCN2c3ncc(OC)cc3OCC[C@@H]2C1. The molecule has 2 aliphatic heterocycles. The molecule has 1 saturated heterocycles. The summed E-state index contributed by atoms with van der Waals surface area (Å²) in [4.78, 5) is 9.44. The van der Waals surface area contributed by atoms with Gasteiger partial charge < -0.3 is 14.4 Å². The van der Waals surface area contributed by atoms with Crippen molar-refractivity contribution < 1.29 is 9.47 Å². The number of methoxy groups -OCH3 is 1. The van der Waals surface area contributed by atoms with Crippen molar-refractivity contribution in [2.75, 3.05) is 44.8 Å². The standard InChI is InChI=1S/C14H21N3O2/c1-3-16-5-6-17-11(10-16)4-7-19-13-8-12(18-2)9-15-14(13)17/h8-9,11H,3-7,10H2,1-2H3/t11-/m1/s1. The Kier molecular flexibility index (Phi) is 3.46. The zero-order valence-corrected chi connectivity index (χ0v) is 11.6. The summed E-state index contributed by atoms with van der Waals surface area (Å²) in [6.45, 7) is 7.32. The van der Waals surface area contributed by atoms with E-state index in [1.807, 2.05) is 6.07 Å². The number of hydrogen-bond acceptors (Lipinski definition) is 5. The highest BCUT2D eigenvalue weighted by Gasteiger charge is 2.31. The fourth-order valence-corrected chi connectivity index (χ4v) is 2.89. The fourth-order valence-electron chi connectivity index (χ4n) is 2.89. The van der Waals surface area contributed by atoms with Gasteiger partial charge in [0.1, 0.15) is 5.75 Å². The molecular weight excluding hydrogens is 242 g/mol. The van der Waals surface area contributed by atoms with Crippen LogP contribution in [0, 0.1) is 0 Å². The van der Waals surface area contributed by atoms with Gasteiger partial charge in [-0.2, -0.15) is 0 Å². The van der Waals surface area contributed by atoms with E-state index in [0.717, 1.165) is 56.5 Å². The van der Waals surface area contributed by atoms with Gasteiger partial charge in [-0.3, -0.25) is 4.90 Å². The maximum absolute atomic E-state index is 5.85. The molecular formula is C14H21N3O2. The summed E-state index contributed by atoms with van der Waals surface area (Å²) in [5, 5.41) is 0. The molecule has 19 heavy (non-hydrogen) atoms. The number of rotatable bonds is 2. The third-order valence-corrected chi connectivity index (χ3v) is 4.04. The summed E-state index contributed by atoms with van der Waals surface area (Å²) in [5.74, 6) is 2.58. The molecule has 3 rings (SSSR count). The fraction of sp³-hybridized carbons (Fsp3) is 0.643. The Labute approximate surface area is 114 Å². The van der Waals surface area contributed by atoms with Gasteiger partial charge in [0.15, 0.2) is 11.6 Å². The summed E-state index contributed by atoms with van der Waals surface area (Å²) >= 11 is 0. The molecule has 5 heteroatoms. The van der Waals surface area contributed by atoms with Crippen molar-refractivity contribution in [2.24, 2.45) is 0 Å². The Hall–Kier alpha value is -1.49. The van der Waals surface area contributed by atoms with Crippen LogP contribution in [0.3, 0.4) is 0 Å². The molecule has 0 bridgehead atoms. The highest BCUT2D eigenvalue weighted by atomic mass is 16.5. The summed E-state index contributed by atoms with van der Waals surface area (Å²) < 4.78 is 11.1. The smallest absolute Gasteiger partial charge is 0.171 e. The van der Waals surface area contributed by atoms with E-state index in [1.165, 1.54) is 0 Å². The van der Waals surface area contributed by atoms with Crippen LogP contribution in [0.5, 0.6) is 11.5 Å². The van der Waals surface area contributed by atoms with Crippen LogP contribution in [0.4, 0.5) is 5.82 Å². The van der Waals surface area contributed by atoms with Crippen LogP contribution in [0.15, 0.2) is 12.3 Å². The highest BCUT2D eigenvalue weighted by molar-refractivity contribution is 5.56. The van der Waals surface area contributed by atoms with Crippen molar-refractivity contribution in [3.63, 3.8) is 0 Å². The number of ether oxygens (including phenoxy) is 2. The normalized spacial score (nSPS) is 23.1. The molecule has 0 N–H and O–H groups in total. The van der Waals surface area contributed by atoms with Crippen LogP contribution in [0.1, 0.15) is 13.3 Å². The molecule has 3 heterocycles. The Morgan fingerprint density at radius 3 is 3.16 bits per heavy atom. The van der Waals surface area contributed by atoms with Crippen LogP contribution in [-0.2, 0) is 0 Å². The zero-order valence-electron chi connectivity index (χ0n) is 11.6. The Balaban J connectivity index is 1.89. The lowest BCUT2D eigenvalue weighted by Crippen LogP contribution is -2.53. The second kappa shape index (κ2) is 5.25. The van der Waals surface area contributed by atoms with Crippen molar-refractivity contribution in [3.8, 4) is 11.5 Å². The van der Waals surface area contributed by atoms with E-state index >= 15 is 0 Å². The summed E-state index contributed by atoms with van der Waals surface area (Å²) in [6, 6.07) is 2.45. The molecule has 1 aromatic heterocycles. The van der Waals surface area contributed by atoms with Crippen LogP contribution in [0.25, 0.3) is 0 Å². The number of pyridine rings is 1. The van der Waals surface area contributed by atoms with Crippen LogP contribution in [-0.4, -0.2) is 55.8 Å². The highest BCUT2D eigenvalue weighted by Crippen LogP contribution is 2.34. The second-order valence-corrected chi connectivity index (χ2v) is 5.07. The van der Waals surface area contributed by atoms with Gasteiger partial charge in [0.25, 0.3) is 0 Å². The van der Waals surface area contributed by atoms with E-state index in [-0.39, 0.29) is 0 Å². The van der Waals surface area contributed by atoms with Gasteiger partial charge in [-0.25, -0.2) is 4.98 Å². The van der Waals surface area contributed by atoms with Crippen molar-refractivity contribution in [3.05, 3.63) is 12.3 Å². The summed E-state index contributed by atoms with van der Waals surface area (Å²) in [5.41, 5.74) is 0. The number of nitrogens with zero attached hydrogens (tertiary/aromatic N) is 3. The number of piperazine rings is 1. The van der Waals surface area contributed by atoms with Crippen LogP contribution in [0.2, 0.25) is 0 Å². The predicted molar refractivity (Wildman–Crippen MR) is 74.1 cm³/mol. The number of hydrogen-bond donors (Lipinski definition) is 0. The molecule has 104 valence electrons. The van der Waals surface area contributed by atoms with E-state index in [0.29, 0.717) is 6.04 Å². The minimum atomic E-state index is 0.510. The lowest BCUT2D eigenvalue weighted by molar-refractivity contribution is 0.217. The lowest BCUT2D eigenvalue weighted by Gasteiger charge is -2.40. The molecule has 1 atom stereocenters. The maximum atomic E-state index is 5.85. The first-order chi connectivity index (χ1) is 9.31. The molecule has 1 aromatic rings. The maximum Gasteiger partial charge on any atom is 0.171 e. The minimum Gasteiger partial charge on any atom is -0.495 e. The third-order valence-electron chi connectivity index (χ3n) is 4.04. The lowest BCUT2D eigenvalue weighted by atomic mass is 10.1. The first-order valence-electron chi connectivity index (χ1n) is 6.97. The predicted octanol–water partition coefficient (Wildman–Crippen LogP) is 1.38. The first-order valence-corrected chi connectivity index (χ1v) is 6.97. The van der Waals surface area contributed by atoms with Crippen LogP contribution < -0.4 is 14.4 Å². The number of fused-ring (bicyclic) bond motifs is 3. The van der Waals surface area contributed by atoms with Gasteiger partial charge in [0, 0.05) is 38.2 Å². The molecule has 1 fully saturated rings. The Morgan fingerprint density at radius 1 is 1.47 bits per heavy atom. The van der Waals surface area contributed by atoms with Crippen molar-refractivity contribution in [1.29, 1.82) is 0 Å². The first kappa shape index (κ1) is 12.5. The van der Waals surface area contributed by atoms with Gasteiger partial charge in [-0.05, 0) is 6.54 Å². The molecule has 0 saturated carbocycles. The minimum absolute atomic E-state index is 0.510. The number of aromatic nitrogens is 1. The Morgan fingerprint density at radius 2 is 2.37 bits per heavy atom. The van der Waals surface area contributed by atoms with E-state index < -0.39 is 0 Å². The van der Waals surface area contributed by atoms with E-state index in [9.17, 15) is 0 Å². The van der Waals surface area contributed by atoms with Gasteiger partial charge in [0.2, 0.25) is 0 Å². The monoisotopic (exact) mass is 263 g/mol. The average molecular weight is 263 g/mol. The third kappa shape index (κ3) is 2.34. The van der Waals surface area contributed by atoms with E-state index in [2.05, 4.69) is 21.7 Å². The molecule has 2 aliphatic rings. The van der Waals surface area contributed by atoms with Crippen molar-refractivity contribution >= 4 is 5.82 Å². The number of anilines is 1. The Bertz CT molecular complexity index is 452. The molecule has 0 aromatic carbocycles. The van der Waals surface area contributed by atoms with Gasteiger partial charge >= 0.3 is 0 Å². The van der Waals surface area contributed by atoms with Crippen molar-refractivity contribution in [1.82, 2.24) is 9.88 Å². The largest absolute Gasteiger partial charge is 0.495 e. The van der Waals surface area contributed by atoms with Crippen molar-refractivity contribution in [2.45, 2.75) is 19.4 Å². The van der Waals surface area contributed by atoms with Gasteiger partial charge in [-0.1, -0.05) is 6.92 Å². The molecule has 0 radical (unpaired) electrons. The average Bonchev–Trinajstić information content (AvgIpc) is 2.64. The molecule has 0 aliphatic carbocycles. The van der Waals surface area contributed by atoms with Crippen LogP contribution >= 0.6 is 0 Å². The zero-order chi connectivity index (χ0) is 13.2. The second-order valence-electron chi connectivity index (χ2n) is 5.07. The molecule has 0 spiro atoms. The van der Waals surface area contributed by atoms with Gasteiger partial charge in [0.05, 0.1) is 19.9 Å². The molecule has 5 nitrogen and oxygen atoms in total.